The highest BCUT2D eigenvalue weighted by Crippen LogP contribution is 2.12. The van der Waals surface area contributed by atoms with Crippen LogP contribution in [0.1, 0.15) is 34.6 Å². The summed E-state index contributed by atoms with van der Waals surface area (Å²) in [6.45, 7) is 16.6. The second kappa shape index (κ2) is 8.71. The number of amides is 1. The maximum Gasteiger partial charge on any atom is 0.225 e. The number of rotatable bonds is 7. The fourth-order valence-electron chi connectivity index (χ4n) is 2.21. The van der Waals surface area contributed by atoms with Crippen molar-refractivity contribution in [3.63, 3.8) is 0 Å². The average molecular weight is 299 g/mol. The topological polar surface area (TPSA) is 53.6 Å². The summed E-state index contributed by atoms with van der Waals surface area (Å²) in [6.07, 6.45) is 0.107. The van der Waals surface area contributed by atoms with Crippen molar-refractivity contribution >= 4 is 5.91 Å². The third-order valence-electron chi connectivity index (χ3n) is 3.55. The molecule has 1 aliphatic heterocycles. The number of hydrogen-bond acceptors (Lipinski definition) is 4. The Bertz CT molecular complexity index is 313. The van der Waals surface area contributed by atoms with E-state index in [1.54, 1.807) is 0 Å². The maximum atomic E-state index is 11.9. The summed E-state index contributed by atoms with van der Waals surface area (Å²) < 4.78 is 5.74. The van der Waals surface area contributed by atoms with Gasteiger partial charge in [-0.3, -0.25) is 9.69 Å². The van der Waals surface area contributed by atoms with Gasteiger partial charge in [-0.1, -0.05) is 34.6 Å². The van der Waals surface area contributed by atoms with Gasteiger partial charge in [-0.05, 0) is 12.5 Å². The van der Waals surface area contributed by atoms with Gasteiger partial charge < -0.3 is 15.4 Å². The van der Waals surface area contributed by atoms with Gasteiger partial charge in [-0.25, -0.2) is 0 Å². The van der Waals surface area contributed by atoms with Crippen LogP contribution in [0.4, 0.5) is 0 Å². The Kier molecular flexibility index (Phi) is 7.63. The quantitative estimate of drug-likeness (QED) is 0.691. The fraction of sp³-hybridized carbons (Fsp3) is 0.938. The van der Waals surface area contributed by atoms with Gasteiger partial charge in [0, 0.05) is 38.1 Å². The SMILES string of the molecule is CC(C)CNCCN1CCO[C@@H](CNC(=O)C(C)(C)C)C1. The zero-order chi connectivity index (χ0) is 15.9. The molecule has 1 saturated heterocycles. The second-order valence-electron chi connectivity index (χ2n) is 7.35. The third kappa shape index (κ3) is 7.79. The number of nitrogens with one attached hydrogen (secondary N) is 2. The zero-order valence-electron chi connectivity index (χ0n) is 14.4. The summed E-state index contributed by atoms with van der Waals surface area (Å²) in [5.74, 6) is 0.775. The van der Waals surface area contributed by atoms with Gasteiger partial charge in [-0.2, -0.15) is 0 Å². The van der Waals surface area contributed by atoms with Crippen LogP contribution in [0, 0.1) is 11.3 Å². The molecule has 0 bridgehead atoms. The summed E-state index contributed by atoms with van der Waals surface area (Å²) in [4.78, 5) is 14.3. The van der Waals surface area contributed by atoms with Crippen LogP contribution in [-0.4, -0.2) is 62.8 Å². The number of carbonyl (C=O) groups is 1. The Morgan fingerprint density at radius 3 is 2.71 bits per heavy atom. The van der Waals surface area contributed by atoms with Gasteiger partial charge in [0.05, 0.1) is 12.7 Å². The monoisotopic (exact) mass is 299 g/mol. The molecular weight excluding hydrogens is 266 g/mol. The largest absolute Gasteiger partial charge is 0.374 e. The van der Waals surface area contributed by atoms with Crippen LogP contribution in [0.15, 0.2) is 0 Å². The van der Waals surface area contributed by atoms with Crippen LogP contribution in [0.2, 0.25) is 0 Å². The second-order valence-corrected chi connectivity index (χ2v) is 7.35. The Hall–Kier alpha value is -0.650. The van der Waals surface area contributed by atoms with Crippen molar-refractivity contribution in [1.82, 2.24) is 15.5 Å². The molecule has 2 N–H and O–H groups in total. The van der Waals surface area contributed by atoms with E-state index in [4.69, 9.17) is 4.74 Å². The molecule has 0 aliphatic carbocycles. The molecule has 0 spiro atoms. The highest BCUT2D eigenvalue weighted by molar-refractivity contribution is 5.81. The molecule has 1 amide bonds. The molecule has 0 aromatic heterocycles. The standard InChI is InChI=1S/C16H33N3O2/c1-13(2)10-17-6-7-19-8-9-21-14(12-19)11-18-15(20)16(3,4)5/h13-14,17H,6-12H2,1-5H3,(H,18,20)/t14-/m0/s1. The van der Waals surface area contributed by atoms with E-state index in [-0.39, 0.29) is 17.4 Å². The maximum absolute atomic E-state index is 11.9. The van der Waals surface area contributed by atoms with Gasteiger partial charge in [0.15, 0.2) is 0 Å². The molecule has 124 valence electrons. The summed E-state index contributed by atoms with van der Waals surface area (Å²) in [6, 6.07) is 0. The smallest absolute Gasteiger partial charge is 0.225 e. The molecule has 0 aromatic rings. The highest BCUT2D eigenvalue weighted by Gasteiger charge is 2.24. The number of morpholine rings is 1. The lowest BCUT2D eigenvalue weighted by atomic mass is 9.95. The number of hydrogen-bond donors (Lipinski definition) is 2. The van der Waals surface area contributed by atoms with Crippen molar-refractivity contribution in [1.29, 1.82) is 0 Å². The molecule has 1 heterocycles. The zero-order valence-corrected chi connectivity index (χ0v) is 14.4. The third-order valence-corrected chi connectivity index (χ3v) is 3.55. The van der Waals surface area contributed by atoms with E-state index in [1.165, 1.54) is 0 Å². The first-order valence-electron chi connectivity index (χ1n) is 8.12. The van der Waals surface area contributed by atoms with Crippen LogP contribution in [0.25, 0.3) is 0 Å². The average Bonchev–Trinajstić information content (AvgIpc) is 2.40. The molecule has 5 heteroatoms. The van der Waals surface area contributed by atoms with E-state index in [0.29, 0.717) is 12.5 Å². The van der Waals surface area contributed by atoms with Gasteiger partial charge in [0.1, 0.15) is 0 Å². The Morgan fingerprint density at radius 1 is 1.38 bits per heavy atom. The van der Waals surface area contributed by atoms with E-state index in [9.17, 15) is 4.79 Å². The van der Waals surface area contributed by atoms with Crippen LogP contribution in [0.3, 0.4) is 0 Å². The molecule has 1 fully saturated rings. The van der Waals surface area contributed by atoms with Crippen molar-refractivity contribution in [2.75, 3.05) is 45.9 Å². The molecule has 0 unspecified atom stereocenters. The van der Waals surface area contributed by atoms with Gasteiger partial charge in [0.2, 0.25) is 5.91 Å². The molecule has 0 aromatic carbocycles. The predicted octanol–water partition coefficient (Wildman–Crippen LogP) is 1.10. The summed E-state index contributed by atoms with van der Waals surface area (Å²) in [5.41, 5.74) is -0.338. The van der Waals surface area contributed by atoms with Crippen molar-refractivity contribution in [3.05, 3.63) is 0 Å². The Balaban J connectivity index is 2.21. The Labute approximate surface area is 129 Å². The molecule has 1 aliphatic rings. The molecule has 1 atom stereocenters. The number of carbonyl (C=O) groups excluding carboxylic acids is 1. The van der Waals surface area contributed by atoms with Crippen molar-refractivity contribution < 1.29 is 9.53 Å². The number of nitrogens with zero attached hydrogens (tertiary/aromatic N) is 1. The summed E-state index contributed by atoms with van der Waals surface area (Å²) in [7, 11) is 0. The van der Waals surface area contributed by atoms with Gasteiger partial charge in [0.25, 0.3) is 0 Å². The lowest BCUT2D eigenvalue weighted by molar-refractivity contribution is -0.129. The van der Waals surface area contributed by atoms with Crippen LogP contribution >= 0.6 is 0 Å². The van der Waals surface area contributed by atoms with Crippen molar-refractivity contribution in [2.45, 2.75) is 40.7 Å². The molecular formula is C16H33N3O2. The lowest BCUT2D eigenvalue weighted by Gasteiger charge is -2.33. The molecule has 0 radical (unpaired) electrons. The lowest BCUT2D eigenvalue weighted by Crippen LogP contribution is -2.50. The van der Waals surface area contributed by atoms with E-state index in [1.807, 2.05) is 20.8 Å². The number of ether oxygens (including phenoxy) is 1. The molecule has 1 rings (SSSR count). The molecule has 0 saturated carbocycles. The predicted molar refractivity (Wildman–Crippen MR) is 86.4 cm³/mol. The minimum Gasteiger partial charge on any atom is -0.374 e. The summed E-state index contributed by atoms with van der Waals surface area (Å²) in [5, 5.41) is 6.45. The highest BCUT2D eigenvalue weighted by atomic mass is 16.5. The van der Waals surface area contributed by atoms with Crippen LogP contribution in [-0.2, 0) is 9.53 Å². The first-order valence-corrected chi connectivity index (χ1v) is 8.12. The molecule has 5 nitrogen and oxygen atoms in total. The van der Waals surface area contributed by atoms with Crippen molar-refractivity contribution in [2.24, 2.45) is 11.3 Å². The Morgan fingerprint density at radius 2 is 2.10 bits per heavy atom. The normalized spacial score (nSPS) is 20.8. The van der Waals surface area contributed by atoms with E-state index >= 15 is 0 Å². The van der Waals surface area contributed by atoms with E-state index < -0.39 is 0 Å². The van der Waals surface area contributed by atoms with Crippen molar-refractivity contribution in [3.8, 4) is 0 Å². The summed E-state index contributed by atoms with van der Waals surface area (Å²) >= 11 is 0. The van der Waals surface area contributed by atoms with E-state index in [2.05, 4.69) is 29.4 Å². The first-order chi connectivity index (χ1) is 9.79. The fourth-order valence-corrected chi connectivity index (χ4v) is 2.21. The van der Waals surface area contributed by atoms with Gasteiger partial charge >= 0.3 is 0 Å². The minimum absolute atomic E-state index is 0.0850. The first kappa shape index (κ1) is 18.4. The van der Waals surface area contributed by atoms with Gasteiger partial charge in [-0.15, -0.1) is 0 Å². The minimum atomic E-state index is -0.338. The van der Waals surface area contributed by atoms with E-state index in [0.717, 1.165) is 39.3 Å². The molecule has 21 heavy (non-hydrogen) atoms. The van der Waals surface area contributed by atoms with Crippen LogP contribution in [0.5, 0.6) is 0 Å². The van der Waals surface area contributed by atoms with Crippen LogP contribution < -0.4 is 10.6 Å².